The Morgan fingerprint density at radius 3 is 1.76 bits per heavy atom. The molecule has 0 saturated carbocycles. The molecule has 75 heavy (non-hydrogen) atoms. The molecule has 0 unspecified atom stereocenters. The average molecular weight is 1060 g/mol. The van der Waals surface area contributed by atoms with E-state index in [1.807, 2.05) is 13.0 Å². The number of hydrogen-bond donors (Lipinski definition) is 13. The lowest BCUT2D eigenvalue weighted by Gasteiger charge is -2.46. The van der Waals surface area contributed by atoms with Crippen molar-refractivity contribution in [1.82, 2.24) is 10.2 Å². The molecule has 0 aliphatic carbocycles. The summed E-state index contributed by atoms with van der Waals surface area (Å²) in [6.07, 6.45) is 3.36. The van der Waals surface area contributed by atoms with Crippen LogP contribution in [0.3, 0.4) is 0 Å². The zero-order chi connectivity index (χ0) is 55.6. The number of aliphatic carboxylic acids is 2. The number of rotatable bonds is 5. The van der Waals surface area contributed by atoms with Crippen molar-refractivity contribution in [2.75, 3.05) is 13.1 Å². The third-order valence-electron chi connectivity index (χ3n) is 13.7. The van der Waals surface area contributed by atoms with Gasteiger partial charge < -0.3 is 90.4 Å². The van der Waals surface area contributed by atoms with Gasteiger partial charge in [-0.1, -0.05) is 98.9 Å². The molecule has 4 heterocycles. The molecule has 0 aromatic carbocycles. The van der Waals surface area contributed by atoms with Crippen LogP contribution in [0.4, 0.5) is 4.79 Å². The minimum absolute atomic E-state index is 0.107. The highest BCUT2D eigenvalue weighted by atomic mass is 16.7. The van der Waals surface area contributed by atoms with Crippen LogP contribution in [0.5, 0.6) is 0 Å². The number of nitrogens with one attached hydrogen (secondary N) is 1. The van der Waals surface area contributed by atoms with Gasteiger partial charge in [-0.2, -0.15) is 0 Å². The topological polar surface area (TPSA) is 363 Å². The summed E-state index contributed by atoms with van der Waals surface area (Å²) in [6.45, 7) is 5.57. The number of carboxylic acids is 2. The highest BCUT2D eigenvalue weighted by Crippen LogP contribution is 2.36. The standard InChI is InChI=1S/C53H78N2O20/c1-30-17-15-13-11-9-7-5-6-8-10-12-14-16-18-37(74-51-43(62)25-41(60)33(4)73-51)24-45-47(54-52(70)55-28-38(49(66)67)39(29-55)50(68)69)44(63)27-53(71,75-45)26-36(58)22-42(61)40(59)20-19-34(56)21-35(57)23-46(64)72-32(3)31(2)48(30)65/h5-18,30-37,40-45,47-48,51,56-63,65,71H,19-29H2,1-4H3,(H,54,70)(H,66,67)(H,68,69)/b6-5+,9-7+,10-8+,13-11+,14-12+,17-15+,18-16+/t30-,31-,32-,33+,34+,35+,36-,37-,40+,41-,42+,43-,44-,45-,47+,48+,51-,53+/m0/s1. The number of carboxylic acid groups (broad SMARTS) is 2. The average Bonchev–Trinajstić information content (AvgIpc) is 3.79. The van der Waals surface area contributed by atoms with Crippen molar-refractivity contribution in [3.05, 3.63) is 96.2 Å². The van der Waals surface area contributed by atoms with Crippen LogP contribution in [0, 0.1) is 11.8 Å². The number of carbonyl (C=O) groups is 4. The lowest BCUT2D eigenvalue weighted by molar-refractivity contribution is -0.301. The molecule has 2 amide bonds. The van der Waals surface area contributed by atoms with Gasteiger partial charge in [0, 0.05) is 43.9 Å². The van der Waals surface area contributed by atoms with Gasteiger partial charge in [-0.15, -0.1) is 0 Å². The number of urea groups is 1. The van der Waals surface area contributed by atoms with E-state index >= 15 is 0 Å². The SMILES string of the molecule is C[C@@H]1[C@H](O)[C@@H](C)/C=C/C=C/C=C/C=C/C=C/C=C/C=C/[C@H](O[C@@H]2O[C@H](C)[C@@H](O)C[C@@H]2O)C[C@@H]2O[C@](O)(C[C@@H](O)C[C@@H](O)[C@H](O)CC[C@@H](O)C[C@@H](O)CC(=O)O[C@H]1C)C[C@H](O)[C@H]2NC(=O)N1CC(C(=O)O)=C(C(=O)O)C1. The fraction of sp³-hybridized carbons (Fsp3) is 0.623. The Hall–Kier alpha value is -4.92. The Bertz CT molecular complexity index is 2100. The van der Waals surface area contributed by atoms with Crippen LogP contribution in [0.1, 0.15) is 85.5 Å². The maximum Gasteiger partial charge on any atom is 0.334 e. The second kappa shape index (κ2) is 30.1. The number of allylic oxidation sites excluding steroid dienone is 12. The summed E-state index contributed by atoms with van der Waals surface area (Å²) in [5.74, 6) is -7.01. The van der Waals surface area contributed by atoms with Crippen LogP contribution in [0.25, 0.3) is 0 Å². The molecule has 2 fully saturated rings. The first-order chi connectivity index (χ1) is 35.4. The highest BCUT2D eigenvalue weighted by molar-refractivity contribution is 6.01. The first-order valence-electron chi connectivity index (χ1n) is 25.3. The van der Waals surface area contributed by atoms with Gasteiger partial charge >= 0.3 is 23.9 Å². The molecule has 4 aliphatic heterocycles. The van der Waals surface area contributed by atoms with Gasteiger partial charge in [0.2, 0.25) is 0 Å². The second-order valence-corrected chi connectivity index (χ2v) is 19.9. The Kier molecular flexibility index (Phi) is 25.2. The third kappa shape index (κ3) is 20.2. The van der Waals surface area contributed by atoms with E-state index in [1.54, 1.807) is 93.7 Å². The monoisotopic (exact) mass is 1060 g/mol. The van der Waals surface area contributed by atoms with Crippen molar-refractivity contribution in [3.63, 3.8) is 0 Å². The van der Waals surface area contributed by atoms with Gasteiger partial charge in [0.15, 0.2) is 12.1 Å². The third-order valence-corrected chi connectivity index (χ3v) is 13.7. The van der Waals surface area contributed by atoms with Crippen LogP contribution in [0.2, 0.25) is 0 Å². The van der Waals surface area contributed by atoms with E-state index in [0.29, 0.717) is 0 Å². The molecule has 13 N–H and O–H groups in total. The number of aliphatic hydroxyl groups excluding tert-OH is 9. The number of carbonyl (C=O) groups excluding carboxylic acids is 2. The van der Waals surface area contributed by atoms with Crippen molar-refractivity contribution in [1.29, 1.82) is 0 Å². The Morgan fingerprint density at radius 2 is 1.19 bits per heavy atom. The minimum Gasteiger partial charge on any atom is -0.478 e. The predicted octanol–water partition coefficient (Wildman–Crippen LogP) is 0.933. The summed E-state index contributed by atoms with van der Waals surface area (Å²) in [5.41, 5.74) is -1.06. The van der Waals surface area contributed by atoms with Crippen LogP contribution in [-0.2, 0) is 33.3 Å². The van der Waals surface area contributed by atoms with Crippen molar-refractivity contribution in [2.45, 2.75) is 183 Å². The van der Waals surface area contributed by atoms with Crippen LogP contribution in [0.15, 0.2) is 96.2 Å². The minimum atomic E-state index is -2.39. The lowest BCUT2D eigenvalue weighted by Crippen LogP contribution is -2.63. The molecule has 0 radical (unpaired) electrons. The van der Waals surface area contributed by atoms with Crippen LogP contribution < -0.4 is 5.32 Å². The van der Waals surface area contributed by atoms with Gasteiger partial charge in [0.25, 0.3) is 0 Å². The summed E-state index contributed by atoms with van der Waals surface area (Å²) in [5, 5.41) is 132. The molecule has 0 spiro atoms. The summed E-state index contributed by atoms with van der Waals surface area (Å²) in [7, 11) is 0. The van der Waals surface area contributed by atoms with Gasteiger partial charge in [-0.25, -0.2) is 14.4 Å². The predicted molar refractivity (Wildman–Crippen MR) is 269 cm³/mol. The number of aliphatic hydroxyl groups is 10. The number of esters is 1. The molecule has 22 heteroatoms. The Balaban J connectivity index is 1.62. The fourth-order valence-corrected chi connectivity index (χ4v) is 9.12. The molecular weight excluding hydrogens is 985 g/mol. The summed E-state index contributed by atoms with van der Waals surface area (Å²) >= 11 is 0. The zero-order valence-corrected chi connectivity index (χ0v) is 42.8. The van der Waals surface area contributed by atoms with E-state index in [9.17, 15) is 80.5 Å². The number of nitrogens with zero attached hydrogens (tertiary/aromatic N) is 1. The fourth-order valence-electron chi connectivity index (χ4n) is 9.12. The van der Waals surface area contributed by atoms with Crippen molar-refractivity contribution in [3.8, 4) is 0 Å². The van der Waals surface area contributed by atoms with E-state index < -0.39 is 177 Å². The van der Waals surface area contributed by atoms with E-state index in [1.165, 1.54) is 6.08 Å². The number of cyclic esters (lactones) is 1. The van der Waals surface area contributed by atoms with Gasteiger partial charge in [-0.3, -0.25) is 4.79 Å². The maximum atomic E-state index is 13.7. The molecule has 18 atom stereocenters. The van der Waals surface area contributed by atoms with Crippen LogP contribution in [-0.4, -0.2) is 201 Å². The van der Waals surface area contributed by atoms with Gasteiger partial charge in [0.05, 0.1) is 104 Å². The van der Waals surface area contributed by atoms with Crippen molar-refractivity contribution in [2.24, 2.45) is 11.8 Å². The van der Waals surface area contributed by atoms with Crippen molar-refractivity contribution < 1.29 is 99.4 Å². The van der Waals surface area contributed by atoms with E-state index in [0.717, 1.165) is 4.90 Å². The van der Waals surface area contributed by atoms with Crippen molar-refractivity contribution >= 4 is 23.9 Å². The first kappa shape index (κ1) is 62.6. The van der Waals surface area contributed by atoms with E-state index in [2.05, 4.69) is 5.32 Å². The zero-order valence-electron chi connectivity index (χ0n) is 42.8. The normalized spacial score (nSPS) is 41.0. The largest absolute Gasteiger partial charge is 0.478 e. The molecule has 4 rings (SSSR count). The number of ether oxygens (including phenoxy) is 4. The van der Waals surface area contributed by atoms with Crippen LogP contribution >= 0.6 is 0 Å². The highest BCUT2D eigenvalue weighted by Gasteiger charge is 2.49. The maximum absolute atomic E-state index is 13.7. The molecular formula is C53H78N2O20. The smallest absolute Gasteiger partial charge is 0.334 e. The van der Waals surface area contributed by atoms with E-state index in [4.69, 9.17) is 18.9 Å². The second-order valence-electron chi connectivity index (χ2n) is 19.9. The Morgan fingerprint density at radius 1 is 0.627 bits per heavy atom. The molecule has 4 aliphatic rings. The van der Waals surface area contributed by atoms with Gasteiger partial charge in [0.1, 0.15) is 12.2 Å². The molecule has 0 aromatic heterocycles. The quantitative estimate of drug-likeness (QED) is 0.170. The first-order valence-corrected chi connectivity index (χ1v) is 25.3. The summed E-state index contributed by atoms with van der Waals surface area (Å²) < 4.78 is 23.7. The molecule has 2 bridgehead atoms. The number of fused-ring (bicyclic) bond motifs is 2. The Labute approximate surface area is 436 Å². The van der Waals surface area contributed by atoms with E-state index in [-0.39, 0.29) is 38.0 Å². The molecule has 2 saturated heterocycles. The summed E-state index contributed by atoms with van der Waals surface area (Å²) in [6, 6.07) is -2.41. The molecule has 420 valence electrons. The number of amides is 2. The lowest BCUT2D eigenvalue weighted by atomic mass is 9.87. The number of hydrogen-bond acceptors (Lipinski definition) is 18. The molecule has 22 nitrogen and oxygen atoms in total. The summed E-state index contributed by atoms with van der Waals surface area (Å²) in [4.78, 5) is 51.1. The van der Waals surface area contributed by atoms with Gasteiger partial charge in [-0.05, 0) is 33.1 Å². The molecule has 0 aromatic rings.